The van der Waals surface area contributed by atoms with E-state index in [9.17, 15) is 9.59 Å². The van der Waals surface area contributed by atoms with Gasteiger partial charge in [0.05, 0.1) is 11.6 Å². The van der Waals surface area contributed by atoms with Crippen molar-refractivity contribution in [3.05, 3.63) is 45.9 Å². The smallest absolute Gasteiger partial charge is 0.355 e. The molecule has 0 fully saturated rings. The highest BCUT2D eigenvalue weighted by molar-refractivity contribution is 7.09. The monoisotopic (exact) mass is 362 g/mol. The largest absolute Gasteiger partial charge is 0.494 e. The van der Waals surface area contributed by atoms with Crippen LogP contribution in [0.5, 0.6) is 5.75 Å². The summed E-state index contributed by atoms with van der Waals surface area (Å²) in [7, 11) is 0. The maximum absolute atomic E-state index is 11.9. The second-order valence-electron chi connectivity index (χ2n) is 5.52. The van der Waals surface area contributed by atoms with Crippen molar-refractivity contribution in [1.29, 1.82) is 0 Å². The van der Waals surface area contributed by atoms with Gasteiger partial charge in [0.15, 0.2) is 5.69 Å². The first kappa shape index (κ1) is 18.9. The molecular formula is C18H22N2O4S. The van der Waals surface area contributed by atoms with Gasteiger partial charge in [0.2, 0.25) is 5.91 Å². The van der Waals surface area contributed by atoms with Crippen LogP contribution in [-0.4, -0.2) is 35.1 Å². The fourth-order valence-corrected chi connectivity index (χ4v) is 2.92. The first-order valence-electron chi connectivity index (χ1n) is 8.24. The molecule has 0 bridgehead atoms. The number of nitrogens with zero attached hydrogens (tertiary/aromatic N) is 1. The van der Waals surface area contributed by atoms with Gasteiger partial charge in [-0.1, -0.05) is 19.1 Å². The average molecular weight is 362 g/mol. The molecule has 0 spiro atoms. The topological polar surface area (TPSA) is 88.5 Å². The average Bonchev–Trinajstić information content (AvgIpc) is 3.08. The first-order valence-corrected chi connectivity index (χ1v) is 9.12. The van der Waals surface area contributed by atoms with E-state index in [-0.39, 0.29) is 11.6 Å². The minimum Gasteiger partial charge on any atom is -0.494 e. The lowest BCUT2D eigenvalue weighted by atomic mass is 10.1. The molecule has 0 aliphatic heterocycles. The summed E-state index contributed by atoms with van der Waals surface area (Å²) in [5.74, 6) is -0.210. The first-order chi connectivity index (χ1) is 12.1. The molecule has 25 heavy (non-hydrogen) atoms. The number of amides is 1. The van der Waals surface area contributed by atoms with Crippen LogP contribution in [0.4, 0.5) is 0 Å². The molecule has 0 aliphatic carbocycles. The van der Waals surface area contributed by atoms with Gasteiger partial charge in [0.25, 0.3) is 0 Å². The highest BCUT2D eigenvalue weighted by Gasteiger charge is 2.09. The van der Waals surface area contributed by atoms with Crippen molar-refractivity contribution >= 4 is 23.2 Å². The van der Waals surface area contributed by atoms with E-state index in [0.717, 1.165) is 17.7 Å². The van der Waals surface area contributed by atoms with Crippen molar-refractivity contribution in [3.8, 4) is 5.75 Å². The third-order valence-corrected chi connectivity index (χ3v) is 4.38. The zero-order chi connectivity index (χ0) is 18.1. The molecule has 1 aromatic carbocycles. The summed E-state index contributed by atoms with van der Waals surface area (Å²) < 4.78 is 5.53. The molecule has 0 radical (unpaired) electrons. The molecule has 0 atom stereocenters. The molecule has 0 saturated heterocycles. The number of thiazole rings is 1. The number of carboxylic acids is 1. The third kappa shape index (κ3) is 6.54. The highest BCUT2D eigenvalue weighted by atomic mass is 32.1. The SMILES string of the molecule is CCCOc1ccc(CCC(=O)NCCc2nc(C(=O)O)cs2)cc1. The summed E-state index contributed by atoms with van der Waals surface area (Å²) in [6, 6.07) is 7.79. The molecule has 134 valence electrons. The molecule has 0 unspecified atom stereocenters. The number of carbonyl (C=O) groups excluding carboxylic acids is 1. The summed E-state index contributed by atoms with van der Waals surface area (Å²) in [6.07, 6.45) is 2.58. The van der Waals surface area contributed by atoms with Crippen molar-refractivity contribution in [2.24, 2.45) is 0 Å². The van der Waals surface area contributed by atoms with Crippen molar-refractivity contribution in [3.63, 3.8) is 0 Å². The van der Waals surface area contributed by atoms with Crippen LogP contribution >= 0.6 is 11.3 Å². The van der Waals surface area contributed by atoms with Crippen molar-refractivity contribution in [2.45, 2.75) is 32.6 Å². The van der Waals surface area contributed by atoms with Gasteiger partial charge in [-0.15, -0.1) is 11.3 Å². The second kappa shape index (κ2) is 9.78. The molecule has 2 rings (SSSR count). The minimum atomic E-state index is -1.03. The molecule has 2 aromatic rings. The fourth-order valence-electron chi connectivity index (χ4n) is 2.15. The van der Waals surface area contributed by atoms with E-state index < -0.39 is 5.97 Å². The molecule has 6 nitrogen and oxygen atoms in total. The van der Waals surface area contributed by atoms with Gasteiger partial charge in [-0.2, -0.15) is 0 Å². The Balaban J connectivity index is 1.67. The molecule has 1 aromatic heterocycles. The quantitative estimate of drug-likeness (QED) is 0.678. The maximum atomic E-state index is 11.9. The van der Waals surface area contributed by atoms with E-state index >= 15 is 0 Å². The van der Waals surface area contributed by atoms with Gasteiger partial charge in [-0.25, -0.2) is 9.78 Å². The number of rotatable bonds is 10. The number of hydrogen-bond donors (Lipinski definition) is 2. The molecule has 1 amide bonds. The molecule has 7 heteroatoms. The van der Waals surface area contributed by atoms with Crippen LogP contribution in [0.3, 0.4) is 0 Å². The number of aromatic nitrogens is 1. The summed E-state index contributed by atoms with van der Waals surface area (Å²) >= 11 is 1.29. The summed E-state index contributed by atoms with van der Waals surface area (Å²) in [5.41, 5.74) is 1.14. The molecule has 2 N–H and O–H groups in total. The number of carboxylic acid groups (broad SMARTS) is 1. The van der Waals surface area contributed by atoms with Gasteiger partial charge < -0.3 is 15.2 Å². The molecular weight excluding hydrogens is 340 g/mol. The standard InChI is InChI=1S/C18H22N2O4S/c1-2-11-24-14-6-3-13(4-7-14)5-8-16(21)19-10-9-17-20-15(12-25-17)18(22)23/h3-4,6-7,12H,2,5,8-11H2,1H3,(H,19,21)(H,22,23). The van der Waals surface area contributed by atoms with Crippen LogP contribution in [0, 0.1) is 0 Å². The van der Waals surface area contributed by atoms with E-state index in [1.807, 2.05) is 24.3 Å². The Labute approximate surface area is 150 Å². The predicted octanol–water partition coefficient (Wildman–Crippen LogP) is 2.92. The van der Waals surface area contributed by atoms with E-state index in [0.29, 0.717) is 37.4 Å². The lowest BCUT2D eigenvalue weighted by Crippen LogP contribution is -2.25. The van der Waals surface area contributed by atoms with Gasteiger partial charge >= 0.3 is 5.97 Å². The summed E-state index contributed by atoms with van der Waals surface area (Å²) in [6.45, 7) is 3.22. The molecule has 0 saturated carbocycles. The van der Waals surface area contributed by atoms with E-state index in [2.05, 4.69) is 17.2 Å². The zero-order valence-electron chi connectivity index (χ0n) is 14.2. The Hall–Kier alpha value is -2.41. The summed E-state index contributed by atoms with van der Waals surface area (Å²) in [5, 5.41) is 13.9. The van der Waals surface area contributed by atoms with Crippen LogP contribution in [0.2, 0.25) is 0 Å². The lowest BCUT2D eigenvalue weighted by Gasteiger charge is -2.06. The zero-order valence-corrected chi connectivity index (χ0v) is 15.0. The molecule has 0 aliphatic rings. The van der Waals surface area contributed by atoms with Gasteiger partial charge in [0, 0.05) is 24.8 Å². The van der Waals surface area contributed by atoms with Crippen LogP contribution in [0.25, 0.3) is 0 Å². The third-order valence-electron chi connectivity index (χ3n) is 3.47. The second-order valence-corrected chi connectivity index (χ2v) is 6.47. The number of nitrogens with one attached hydrogen (secondary N) is 1. The summed E-state index contributed by atoms with van der Waals surface area (Å²) in [4.78, 5) is 26.6. The Morgan fingerprint density at radius 2 is 2.00 bits per heavy atom. The van der Waals surface area contributed by atoms with Gasteiger partial charge in [0.1, 0.15) is 5.75 Å². The van der Waals surface area contributed by atoms with Crippen LogP contribution in [0.15, 0.2) is 29.6 Å². The number of hydrogen-bond acceptors (Lipinski definition) is 5. The number of aryl methyl sites for hydroxylation is 1. The van der Waals surface area contributed by atoms with Gasteiger partial charge in [-0.05, 0) is 30.5 Å². The van der Waals surface area contributed by atoms with Crippen LogP contribution in [0.1, 0.15) is 40.8 Å². The number of carbonyl (C=O) groups is 2. The van der Waals surface area contributed by atoms with Gasteiger partial charge in [-0.3, -0.25) is 4.79 Å². The van der Waals surface area contributed by atoms with Crippen molar-refractivity contribution in [1.82, 2.24) is 10.3 Å². The number of ether oxygens (including phenoxy) is 1. The van der Waals surface area contributed by atoms with E-state index in [1.54, 1.807) is 0 Å². The predicted molar refractivity (Wildman–Crippen MR) is 96.3 cm³/mol. The fraction of sp³-hybridized carbons (Fsp3) is 0.389. The van der Waals surface area contributed by atoms with Crippen molar-refractivity contribution in [2.75, 3.05) is 13.2 Å². The number of benzene rings is 1. The molecule has 1 heterocycles. The normalized spacial score (nSPS) is 10.4. The van der Waals surface area contributed by atoms with E-state index in [1.165, 1.54) is 16.7 Å². The minimum absolute atomic E-state index is 0.0266. The van der Waals surface area contributed by atoms with Crippen LogP contribution < -0.4 is 10.1 Å². The lowest BCUT2D eigenvalue weighted by molar-refractivity contribution is -0.121. The van der Waals surface area contributed by atoms with Crippen molar-refractivity contribution < 1.29 is 19.4 Å². The Bertz CT molecular complexity index is 697. The maximum Gasteiger partial charge on any atom is 0.355 e. The Morgan fingerprint density at radius 3 is 2.64 bits per heavy atom. The van der Waals surface area contributed by atoms with E-state index in [4.69, 9.17) is 9.84 Å². The highest BCUT2D eigenvalue weighted by Crippen LogP contribution is 2.14. The Morgan fingerprint density at radius 1 is 1.24 bits per heavy atom. The number of aromatic carboxylic acids is 1. The Kier molecular flexibility index (Phi) is 7.40. The van der Waals surface area contributed by atoms with Crippen LogP contribution in [-0.2, 0) is 17.6 Å².